The first kappa shape index (κ1) is 24.3. The van der Waals surface area contributed by atoms with Gasteiger partial charge in [0.25, 0.3) is 0 Å². The Labute approximate surface area is 244 Å². The molecule has 0 saturated carbocycles. The zero-order valence-electron chi connectivity index (χ0n) is 23.2. The fourth-order valence-electron chi connectivity index (χ4n) is 6.39. The highest BCUT2D eigenvalue weighted by Crippen LogP contribution is 2.44. The molecule has 2 heterocycles. The van der Waals surface area contributed by atoms with Gasteiger partial charge in [-0.15, -0.1) is 0 Å². The van der Waals surface area contributed by atoms with Crippen molar-refractivity contribution in [2.75, 3.05) is 0 Å². The minimum absolute atomic E-state index is 0.980. The summed E-state index contributed by atoms with van der Waals surface area (Å²) in [5, 5.41) is 4.98. The number of benzene rings is 6. The molecule has 3 heteroatoms. The van der Waals surface area contributed by atoms with Gasteiger partial charge in [0, 0.05) is 18.1 Å². The van der Waals surface area contributed by atoms with E-state index < -0.39 is 0 Å². The van der Waals surface area contributed by atoms with Crippen molar-refractivity contribution < 1.29 is 0 Å². The van der Waals surface area contributed by atoms with Crippen LogP contribution in [0.15, 0.2) is 146 Å². The molecule has 0 aliphatic heterocycles. The van der Waals surface area contributed by atoms with E-state index in [1.807, 2.05) is 24.5 Å². The van der Waals surface area contributed by atoms with Gasteiger partial charge in [0.05, 0.1) is 11.0 Å². The molecule has 42 heavy (non-hydrogen) atoms. The van der Waals surface area contributed by atoms with Gasteiger partial charge in [-0.05, 0) is 92.2 Å². The molecule has 8 aromatic rings. The molecule has 0 spiro atoms. The predicted molar refractivity (Wildman–Crippen MR) is 175 cm³/mol. The highest BCUT2D eigenvalue weighted by atomic mass is 15.1. The average molecular weight is 538 g/mol. The van der Waals surface area contributed by atoms with Crippen molar-refractivity contribution in [2.45, 2.75) is 6.92 Å². The minimum Gasteiger partial charge on any atom is -0.297 e. The van der Waals surface area contributed by atoms with Crippen molar-refractivity contribution in [3.05, 3.63) is 152 Å². The number of imidazole rings is 1. The maximum Gasteiger partial charge on any atom is 0.111 e. The Morgan fingerprint density at radius 1 is 0.500 bits per heavy atom. The minimum atomic E-state index is 0.980. The molecular formula is C39H27N3. The van der Waals surface area contributed by atoms with Gasteiger partial charge in [-0.2, -0.15) is 0 Å². The summed E-state index contributed by atoms with van der Waals surface area (Å²) in [7, 11) is 0. The summed E-state index contributed by atoms with van der Waals surface area (Å²) in [5.74, 6) is 0.980. The standard InChI is InChI=1S/C39H27N3/c1-26-41-36-17-6-7-18-37(36)42(26)31-12-8-10-29(24-31)39-34-15-4-2-13-32(34)38(33-14-3-5-16-35(33)39)28-21-19-27(20-22-28)30-11-9-23-40-25-30/h2-25H,1H3. The van der Waals surface area contributed by atoms with E-state index in [2.05, 4.69) is 138 Å². The zero-order chi connectivity index (χ0) is 28.0. The third-order valence-electron chi connectivity index (χ3n) is 8.22. The van der Waals surface area contributed by atoms with E-state index in [9.17, 15) is 0 Å². The molecule has 0 aliphatic rings. The summed E-state index contributed by atoms with van der Waals surface area (Å²) >= 11 is 0. The smallest absolute Gasteiger partial charge is 0.111 e. The van der Waals surface area contributed by atoms with Crippen molar-refractivity contribution in [3.63, 3.8) is 0 Å². The Hall–Kier alpha value is -5.54. The summed E-state index contributed by atoms with van der Waals surface area (Å²) in [6, 6.07) is 47.8. The molecule has 0 radical (unpaired) electrons. The summed E-state index contributed by atoms with van der Waals surface area (Å²) in [6.07, 6.45) is 3.73. The molecule has 0 aliphatic carbocycles. The number of hydrogen-bond donors (Lipinski definition) is 0. The molecule has 8 rings (SSSR count). The first-order valence-corrected chi connectivity index (χ1v) is 14.3. The van der Waals surface area contributed by atoms with Crippen LogP contribution in [0.4, 0.5) is 0 Å². The van der Waals surface area contributed by atoms with Crippen LogP contribution in [0.5, 0.6) is 0 Å². The van der Waals surface area contributed by atoms with Crippen LogP contribution in [0.25, 0.3) is 71.6 Å². The van der Waals surface area contributed by atoms with E-state index in [-0.39, 0.29) is 0 Å². The second-order valence-electron chi connectivity index (χ2n) is 10.7. The lowest BCUT2D eigenvalue weighted by Crippen LogP contribution is -1.97. The van der Waals surface area contributed by atoms with E-state index >= 15 is 0 Å². The van der Waals surface area contributed by atoms with Gasteiger partial charge in [-0.25, -0.2) is 4.98 Å². The van der Waals surface area contributed by atoms with E-state index in [0.717, 1.165) is 33.7 Å². The van der Waals surface area contributed by atoms with Crippen molar-refractivity contribution in [3.8, 4) is 39.1 Å². The summed E-state index contributed by atoms with van der Waals surface area (Å²) < 4.78 is 2.25. The molecule has 3 nitrogen and oxygen atoms in total. The van der Waals surface area contributed by atoms with E-state index in [4.69, 9.17) is 4.98 Å². The Morgan fingerprint density at radius 3 is 1.76 bits per heavy atom. The summed E-state index contributed by atoms with van der Waals surface area (Å²) in [5.41, 5.74) is 10.4. The maximum absolute atomic E-state index is 4.82. The normalized spacial score (nSPS) is 11.5. The number of pyridine rings is 1. The van der Waals surface area contributed by atoms with E-state index in [1.54, 1.807) is 0 Å². The molecule has 0 bridgehead atoms. The Bertz CT molecular complexity index is 2190. The van der Waals surface area contributed by atoms with Crippen molar-refractivity contribution in [2.24, 2.45) is 0 Å². The molecule has 0 saturated heterocycles. The van der Waals surface area contributed by atoms with Crippen LogP contribution in [0.3, 0.4) is 0 Å². The molecule has 198 valence electrons. The molecule has 0 fully saturated rings. The van der Waals surface area contributed by atoms with Crippen LogP contribution in [0.2, 0.25) is 0 Å². The van der Waals surface area contributed by atoms with Crippen molar-refractivity contribution in [1.82, 2.24) is 14.5 Å². The Kier molecular flexibility index (Phi) is 5.68. The van der Waals surface area contributed by atoms with Gasteiger partial charge >= 0.3 is 0 Å². The number of para-hydroxylation sites is 2. The molecule has 2 aromatic heterocycles. The zero-order valence-corrected chi connectivity index (χ0v) is 23.2. The first-order valence-electron chi connectivity index (χ1n) is 14.3. The third-order valence-corrected chi connectivity index (χ3v) is 8.22. The Balaban J connectivity index is 1.36. The number of rotatable bonds is 4. The van der Waals surface area contributed by atoms with Crippen LogP contribution >= 0.6 is 0 Å². The van der Waals surface area contributed by atoms with Crippen LogP contribution in [0, 0.1) is 6.92 Å². The SMILES string of the molecule is Cc1nc2ccccc2n1-c1cccc(-c2c3ccccc3c(-c3ccc(-c4cccnc4)cc3)c3ccccc23)c1. The fraction of sp³-hybridized carbons (Fsp3) is 0.0256. The van der Waals surface area contributed by atoms with Gasteiger partial charge in [0.2, 0.25) is 0 Å². The van der Waals surface area contributed by atoms with Gasteiger partial charge in [-0.1, -0.05) is 103 Å². The lowest BCUT2D eigenvalue weighted by molar-refractivity contribution is 1.00. The van der Waals surface area contributed by atoms with Crippen LogP contribution in [-0.4, -0.2) is 14.5 Å². The van der Waals surface area contributed by atoms with Gasteiger partial charge in [-0.3, -0.25) is 9.55 Å². The number of nitrogens with zero attached hydrogens (tertiary/aromatic N) is 3. The first-order chi connectivity index (χ1) is 20.8. The highest BCUT2D eigenvalue weighted by Gasteiger charge is 2.17. The largest absolute Gasteiger partial charge is 0.297 e. The second-order valence-corrected chi connectivity index (χ2v) is 10.7. The Morgan fingerprint density at radius 2 is 1.10 bits per heavy atom. The van der Waals surface area contributed by atoms with Crippen LogP contribution < -0.4 is 0 Å². The molecule has 0 unspecified atom stereocenters. The quantitative estimate of drug-likeness (QED) is 0.209. The predicted octanol–water partition coefficient (Wildman–Crippen LogP) is 10.0. The lowest BCUT2D eigenvalue weighted by Gasteiger charge is -2.18. The number of aryl methyl sites for hydroxylation is 1. The second kappa shape index (κ2) is 9.83. The van der Waals surface area contributed by atoms with Crippen molar-refractivity contribution >= 4 is 32.6 Å². The van der Waals surface area contributed by atoms with Crippen LogP contribution in [-0.2, 0) is 0 Å². The van der Waals surface area contributed by atoms with Crippen LogP contribution in [0.1, 0.15) is 5.82 Å². The highest BCUT2D eigenvalue weighted by molar-refractivity contribution is 6.21. The third kappa shape index (κ3) is 3.90. The van der Waals surface area contributed by atoms with Gasteiger partial charge < -0.3 is 0 Å². The molecule has 0 atom stereocenters. The summed E-state index contributed by atoms with van der Waals surface area (Å²) in [6.45, 7) is 2.08. The maximum atomic E-state index is 4.82. The van der Waals surface area contributed by atoms with Crippen molar-refractivity contribution in [1.29, 1.82) is 0 Å². The molecular weight excluding hydrogens is 510 g/mol. The molecule has 0 amide bonds. The topological polar surface area (TPSA) is 30.7 Å². The summed E-state index contributed by atoms with van der Waals surface area (Å²) in [4.78, 5) is 9.12. The molecule has 6 aromatic carbocycles. The van der Waals surface area contributed by atoms with E-state index in [1.165, 1.54) is 43.8 Å². The monoisotopic (exact) mass is 537 g/mol. The average Bonchev–Trinajstić information content (AvgIpc) is 3.39. The lowest BCUT2D eigenvalue weighted by atomic mass is 9.85. The van der Waals surface area contributed by atoms with Gasteiger partial charge in [0.1, 0.15) is 5.82 Å². The number of hydrogen-bond acceptors (Lipinski definition) is 2. The number of aromatic nitrogens is 3. The van der Waals surface area contributed by atoms with E-state index in [0.29, 0.717) is 0 Å². The van der Waals surface area contributed by atoms with Gasteiger partial charge in [0.15, 0.2) is 0 Å². The number of fused-ring (bicyclic) bond motifs is 3. The fourth-order valence-corrected chi connectivity index (χ4v) is 6.39. The molecule has 0 N–H and O–H groups in total.